The number of fused-ring (bicyclic) bond motifs is 1. The first kappa shape index (κ1) is 20.8. The third kappa shape index (κ3) is 4.37. The highest BCUT2D eigenvalue weighted by Gasteiger charge is 2.28. The molecule has 0 bridgehead atoms. The maximum absolute atomic E-state index is 12.9. The fraction of sp³-hybridized carbons (Fsp3) is 0.0952. The van der Waals surface area contributed by atoms with Gasteiger partial charge in [-0.15, -0.1) is 0 Å². The van der Waals surface area contributed by atoms with Crippen LogP contribution in [0.25, 0.3) is 11.0 Å². The van der Waals surface area contributed by atoms with E-state index in [0.717, 1.165) is 0 Å². The number of furan rings is 1. The highest BCUT2D eigenvalue weighted by atomic mass is 35.5. The van der Waals surface area contributed by atoms with Crippen LogP contribution in [0.4, 0.5) is 0 Å². The molecule has 4 rings (SSSR count). The number of dihydropyridines is 1. The average Bonchev–Trinajstić information content (AvgIpc) is 3.21. The minimum Gasteiger partial charge on any atom is -0.465 e. The number of benzene rings is 2. The number of methoxy groups -OCH3 is 1. The Morgan fingerprint density at radius 3 is 2.68 bits per heavy atom. The molecule has 160 valence electrons. The first-order valence-electron chi connectivity index (χ1n) is 9.06. The van der Waals surface area contributed by atoms with Gasteiger partial charge in [-0.05, 0) is 24.3 Å². The van der Waals surface area contributed by atoms with Crippen molar-refractivity contribution < 1.29 is 27.1 Å². The summed E-state index contributed by atoms with van der Waals surface area (Å²) < 4.78 is 44.4. The number of sulfonamides is 1. The van der Waals surface area contributed by atoms with Crippen molar-refractivity contribution in [3.63, 3.8) is 0 Å². The van der Waals surface area contributed by atoms with Crippen molar-refractivity contribution in [3.05, 3.63) is 83.2 Å². The molecule has 1 aliphatic heterocycles. The van der Waals surface area contributed by atoms with Gasteiger partial charge in [0.05, 0.1) is 17.8 Å². The molecule has 2 N–H and O–H groups in total. The summed E-state index contributed by atoms with van der Waals surface area (Å²) >= 11 is 6.06. The van der Waals surface area contributed by atoms with E-state index >= 15 is 0 Å². The van der Waals surface area contributed by atoms with Crippen molar-refractivity contribution in [1.29, 1.82) is 0 Å². The lowest BCUT2D eigenvalue weighted by atomic mass is 10.2. The van der Waals surface area contributed by atoms with Gasteiger partial charge in [0.25, 0.3) is 10.0 Å². The Morgan fingerprint density at radius 2 is 1.90 bits per heavy atom. The van der Waals surface area contributed by atoms with E-state index < -0.39 is 22.2 Å². The first-order valence-corrected chi connectivity index (χ1v) is 10.9. The van der Waals surface area contributed by atoms with E-state index in [-0.39, 0.29) is 27.1 Å². The Kier molecular flexibility index (Phi) is 5.62. The average molecular weight is 461 g/mol. The number of hydrogen-bond acceptors (Lipinski definition) is 7. The number of nitrogens with one attached hydrogen (secondary N) is 2. The Bertz CT molecular complexity index is 1280. The van der Waals surface area contributed by atoms with Gasteiger partial charge in [-0.1, -0.05) is 41.9 Å². The monoisotopic (exact) mass is 460 g/mol. The molecule has 2 heterocycles. The van der Waals surface area contributed by atoms with Gasteiger partial charge in [0.15, 0.2) is 0 Å². The van der Waals surface area contributed by atoms with Gasteiger partial charge in [0.2, 0.25) is 11.3 Å². The van der Waals surface area contributed by atoms with Crippen molar-refractivity contribution in [1.82, 2.24) is 10.0 Å². The summed E-state index contributed by atoms with van der Waals surface area (Å²) in [6.07, 6.45) is 1.88. The zero-order chi connectivity index (χ0) is 22.0. The molecule has 0 fully saturated rings. The second-order valence-corrected chi connectivity index (χ2v) is 8.54. The number of rotatable bonds is 6. The zero-order valence-electron chi connectivity index (χ0n) is 16.2. The van der Waals surface area contributed by atoms with Crippen LogP contribution in [0.3, 0.4) is 0 Å². The maximum Gasteiger partial charge on any atom is 0.341 e. The van der Waals surface area contributed by atoms with Crippen molar-refractivity contribution in [2.45, 2.75) is 11.3 Å². The molecule has 1 atom stereocenters. The van der Waals surface area contributed by atoms with Crippen LogP contribution in [0.2, 0.25) is 0 Å². The number of carbonyl (C=O) groups is 1. The Balaban J connectivity index is 1.63. The van der Waals surface area contributed by atoms with E-state index in [0.29, 0.717) is 11.0 Å². The summed E-state index contributed by atoms with van der Waals surface area (Å²) in [5.74, 6) is -0.388. The summed E-state index contributed by atoms with van der Waals surface area (Å²) in [5.41, 5.74) is 0.732. The van der Waals surface area contributed by atoms with Gasteiger partial charge in [0, 0.05) is 17.7 Å². The smallest absolute Gasteiger partial charge is 0.341 e. The van der Waals surface area contributed by atoms with Crippen LogP contribution in [0, 0.1) is 0 Å². The quantitative estimate of drug-likeness (QED) is 0.542. The van der Waals surface area contributed by atoms with E-state index in [4.69, 9.17) is 25.5 Å². The number of esters is 1. The molecule has 8 nitrogen and oxygen atoms in total. The summed E-state index contributed by atoms with van der Waals surface area (Å²) in [4.78, 5) is 12.0. The molecule has 10 heteroatoms. The van der Waals surface area contributed by atoms with Crippen LogP contribution in [0.1, 0.15) is 10.4 Å². The van der Waals surface area contributed by atoms with E-state index in [1.807, 2.05) is 0 Å². The van der Waals surface area contributed by atoms with Crippen molar-refractivity contribution in [3.8, 4) is 5.75 Å². The third-order valence-electron chi connectivity index (χ3n) is 4.41. The SMILES string of the molecule is COC(=O)c1ccccc1OC1NC=C(Cl)C=C1NS(=O)(=O)c1cc2ccccc2o1. The molecule has 0 aliphatic carbocycles. The molecule has 0 spiro atoms. The minimum absolute atomic E-state index is 0.104. The Hall–Kier alpha value is -3.43. The van der Waals surface area contributed by atoms with Crippen molar-refractivity contribution in [2.24, 2.45) is 0 Å². The molecule has 3 aromatic rings. The summed E-state index contributed by atoms with van der Waals surface area (Å²) in [5, 5.41) is 3.51. The van der Waals surface area contributed by atoms with Gasteiger partial charge in [-0.2, -0.15) is 8.42 Å². The van der Waals surface area contributed by atoms with Crippen LogP contribution in [-0.4, -0.2) is 27.7 Å². The zero-order valence-corrected chi connectivity index (χ0v) is 17.7. The topological polar surface area (TPSA) is 107 Å². The number of allylic oxidation sites excluding steroid dienone is 2. The summed E-state index contributed by atoms with van der Waals surface area (Å²) in [6.45, 7) is 0. The predicted molar refractivity (Wildman–Crippen MR) is 114 cm³/mol. The largest absolute Gasteiger partial charge is 0.465 e. The normalized spacial score (nSPS) is 16.1. The van der Waals surface area contributed by atoms with Gasteiger partial charge < -0.3 is 19.2 Å². The molecule has 1 aliphatic rings. The second kappa shape index (κ2) is 8.37. The first-order chi connectivity index (χ1) is 14.9. The molecule has 0 amide bonds. The van der Waals surface area contributed by atoms with Gasteiger partial charge in [-0.3, -0.25) is 4.72 Å². The molecule has 0 saturated carbocycles. The summed E-state index contributed by atoms with van der Waals surface area (Å²) in [6, 6.07) is 14.8. The van der Waals surface area contributed by atoms with E-state index in [1.54, 1.807) is 42.5 Å². The number of carbonyl (C=O) groups excluding carboxylic acids is 1. The lowest BCUT2D eigenvalue weighted by molar-refractivity contribution is 0.0593. The van der Waals surface area contributed by atoms with Crippen LogP contribution in [0.5, 0.6) is 5.75 Å². The van der Waals surface area contributed by atoms with Crippen LogP contribution in [0.15, 0.2) is 87.1 Å². The molecular weight excluding hydrogens is 444 g/mol. The molecule has 0 saturated heterocycles. The lowest BCUT2D eigenvalue weighted by Gasteiger charge is -2.26. The fourth-order valence-electron chi connectivity index (χ4n) is 2.96. The van der Waals surface area contributed by atoms with Crippen LogP contribution < -0.4 is 14.8 Å². The lowest BCUT2D eigenvalue weighted by Crippen LogP contribution is -2.42. The van der Waals surface area contributed by atoms with E-state index in [1.165, 1.54) is 31.5 Å². The maximum atomic E-state index is 12.9. The Morgan fingerprint density at radius 1 is 1.16 bits per heavy atom. The molecular formula is C21H17ClN2O6S. The molecule has 2 aromatic carbocycles. The summed E-state index contributed by atoms with van der Waals surface area (Å²) in [7, 11) is -2.83. The van der Waals surface area contributed by atoms with Crippen molar-refractivity contribution in [2.75, 3.05) is 7.11 Å². The number of ether oxygens (including phenoxy) is 2. The number of halogens is 1. The predicted octanol–water partition coefficient (Wildman–Crippen LogP) is 3.47. The minimum atomic E-state index is -4.08. The van der Waals surface area contributed by atoms with E-state index in [9.17, 15) is 13.2 Å². The highest BCUT2D eigenvalue weighted by molar-refractivity contribution is 7.89. The number of hydrogen-bond donors (Lipinski definition) is 2. The number of para-hydroxylation sites is 2. The highest BCUT2D eigenvalue weighted by Crippen LogP contribution is 2.26. The molecule has 1 aromatic heterocycles. The van der Waals surface area contributed by atoms with Crippen LogP contribution in [-0.2, 0) is 14.8 Å². The fourth-order valence-corrected chi connectivity index (χ4v) is 4.20. The van der Waals surface area contributed by atoms with Crippen LogP contribution >= 0.6 is 11.6 Å². The molecule has 31 heavy (non-hydrogen) atoms. The molecule has 0 radical (unpaired) electrons. The van der Waals surface area contributed by atoms with E-state index in [2.05, 4.69) is 10.0 Å². The van der Waals surface area contributed by atoms with Gasteiger partial charge in [0.1, 0.15) is 16.9 Å². The van der Waals surface area contributed by atoms with Crippen molar-refractivity contribution >= 4 is 38.6 Å². The third-order valence-corrected chi connectivity index (χ3v) is 5.86. The van der Waals surface area contributed by atoms with Gasteiger partial charge in [-0.25, -0.2) is 4.79 Å². The molecule has 1 unspecified atom stereocenters. The second-order valence-electron chi connectivity index (χ2n) is 6.49. The standard InChI is InChI=1S/C21H17ClN2O6S/c1-28-21(25)15-7-3-5-9-18(15)30-20-16(11-14(22)12-23-20)24-31(26,27)19-10-13-6-2-4-8-17(13)29-19/h2-12,20,23-24H,1H3. The van der Waals surface area contributed by atoms with Gasteiger partial charge >= 0.3 is 5.97 Å². The Labute approximate surface area is 183 Å².